The summed E-state index contributed by atoms with van der Waals surface area (Å²) in [5, 5.41) is 4.37. The lowest BCUT2D eigenvalue weighted by Crippen LogP contribution is -2.20. The van der Waals surface area contributed by atoms with E-state index in [1.54, 1.807) is 13.3 Å². The summed E-state index contributed by atoms with van der Waals surface area (Å²) in [6.45, 7) is 4.17. The van der Waals surface area contributed by atoms with Crippen LogP contribution in [0.25, 0.3) is 0 Å². The van der Waals surface area contributed by atoms with E-state index in [-0.39, 0.29) is 12.1 Å². The van der Waals surface area contributed by atoms with Crippen LogP contribution in [0.5, 0.6) is 5.75 Å². The number of aromatic nitrogens is 2. The first-order valence-corrected chi connectivity index (χ1v) is 7.44. The van der Waals surface area contributed by atoms with Crippen molar-refractivity contribution in [1.82, 2.24) is 9.78 Å². The Kier molecular flexibility index (Phi) is 4.83. The Bertz CT molecular complexity index is 580. The van der Waals surface area contributed by atoms with E-state index >= 15 is 0 Å². The van der Waals surface area contributed by atoms with Crippen molar-refractivity contribution < 1.29 is 4.74 Å². The molecule has 1 aromatic carbocycles. The number of nitrogens with two attached hydrogens (primary N) is 1. The van der Waals surface area contributed by atoms with Gasteiger partial charge in [0, 0.05) is 10.5 Å². The maximum Gasteiger partial charge on any atom is 0.161 e. The topological polar surface area (TPSA) is 53.1 Å². The van der Waals surface area contributed by atoms with Crippen molar-refractivity contribution >= 4 is 15.9 Å². The molecule has 2 aromatic rings. The highest BCUT2D eigenvalue weighted by Gasteiger charge is 2.21. The fraction of sp³-hybridized carbons (Fsp3) is 0.400. The Balaban J connectivity index is 2.31. The van der Waals surface area contributed by atoms with Crippen molar-refractivity contribution in [2.24, 2.45) is 5.73 Å². The third kappa shape index (κ3) is 3.04. The van der Waals surface area contributed by atoms with Crippen LogP contribution in [-0.2, 0) is 6.42 Å². The van der Waals surface area contributed by atoms with Crippen molar-refractivity contribution in [3.05, 3.63) is 46.2 Å². The van der Waals surface area contributed by atoms with E-state index in [0.29, 0.717) is 0 Å². The van der Waals surface area contributed by atoms with Crippen LogP contribution in [0.1, 0.15) is 37.2 Å². The second-order valence-electron chi connectivity index (χ2n) is 5.04. The van der Waals surface area contributed by atoms with E-state index in [4.69, 9.17) is 10.5 Å². The van der Waals surface area contributed by atoms with Gasteiger partial charge in [-0.2, -0.15) is 5.10 Å². The fourth-order valence-electron chi connectivity index (χ4n) is 2.27. The minimum Gasteiger partial charge on any atom is -0.493 e. The summed E-state index contributed by atoms with van der Waals surface area (Å²) < 4.78 is 8.40. The summed E-state index contributed by atoms with van der Waals surface area (Å²) in [5.41, 5.74) is 8.52. The first-order valence-electron chi connectivity index (χ1n) is 6.65. The predicted octanol–water partition coefficient (Wildman–Crippen LogP) is 3.48. The molecule has 0 saturated heterocycles. The van der Waals surface area contributed by atoms with Gasteiger partial charge in [0.1, 0.15) is 0 Å². The van der Waals surface area contributed by atoms with E-state index in [1.807, 2.05) is 22.9 Å². The predicted molar refractivity (Wildman–Crippen MR) is 83.9 cm³/mol. The summed E-state index contributed by atoms with van der Waals surface area (Å²) in [6.07, 6.45) is 2.46. The maximum atomic E-state index is 6.39. The number of hydrogen-bond acceptors (Lipinski definition) is 3. The molecule has 5 heteroatoms. The van der Waals surface area contributed by atoms with Crippen LogP contribution in [0.2, 0.25) is 0 Å². The zero-order valence-corrected chi connectivity index (χ0v) is 13.6. The monoisotopic (exact) mass is 337 g/mol. The number of benzene rings is 1. The molecule has 0 amide bonds. The minimum atomic E-state index is -0.159. The molecule has 0 aliphatic rings. The van der Waals surface area contributed by atoms with E-state index in [9.17, 15) is 0 Å². The number of halogens is 1. The largest absolute Gasteiger partial charge is 0.493 e. The normalized spacial score (nSPS) is 12.7. The number of ether oxygens (including phenoxy) is 1. The van der Waals surface area contributed by atoms with Crippen molar-refractivity contribution in [1.29, 1.82) is 0 Å². The van der Waals surface area contributed by atoms with Crippen LogP contribution >= 0.6 is 15.9 Å². The second kappa shape index (κ2) is 6.41. The van der Waals surface area contributed by atoms with Gasteiger partial charge in [-0.15, -0.1) is 0 Å². The van der Waals surface area contributed by atoms with E-state index < -0.39 is 0 Å². The molecule has 2 rings (SSSR count). The fourth-order valence-corrected chi connectivity index (χ4v) is 2.72. The van der Waals surface area contributed by atoms with Crippen LogP contribution in [0.4, 0.5) is 0 Å². The van der Waals surface area contributed by atoms with E-state index in [0.717, 1.165) is 22.3 Å². The molecule has 0 saturated carbocycles. The van der Waals surface area contributed by atoms with Gasteiger partial charge in [0.25, 0.3) is 0 Å². The zero-order chi connectivity index (χ0) is 14.7. The maximum absolute atomic E-state index is 6.39. The molecular weight excluding hydrogens is 318 g/mol. The Morgan fingerprint density at radius 3 is 2.65 bits per heavy atom. The summed E-state index contributed by atoms with van der Waals surface area (Å²) in [6, 6.07) is 8.21. The second-order valence-corrected chi connectivity index (χ2v) is 5.89. The molecule has 0 spiro atoms. The SMILES string of the molecule is COc1cnn(C(C)C)c1C(N)Cc1ccccc1Br. The van der Waals surface area contributed by atoms with Crippen LogP contribution < -0.4 is 10.5 Å². The number of nitrogens with zero attached hydrogens (tertiary/aromatic N) is 2. The van der Waals surface area contributed by atoms with Crippen LogP contribution in [0, 0.1) is 0 Å². The molecule has 1 aromatic heterocycles. The van der Waals surface area contributed by atoms with E-state index in [2.05, 4.69) is 40.9 Å². The summed E-state index contributed by atoms with van der Waals surface area (Å²) in [7, 11) is 1.65. The van der Waals surface area contributed by atoms with Gasteiger partial charge in [0.05, 0.1) is 25.0 Å². The molecule has 108 valence electrons. The van der Waals surface area contributed by atoms with Gasteiger partial charge in [0.2, 0.25) is 0 Å². The molecule has 1 heterocycles. The minimum absolute atomic E-state index is 0.159. The lowest BCUT2D eigenvalue weighted by atomic mass is 10.0. The first-order chi connectivity index (χ1) is 9.54. The molecule has 0 bridgehead atoms. The number of methoxy groups -OCH3 is 1. The first kappa shape index (κ1) is 15.1. The zero-order valence-electron chi connectivity index (χ0n) is 12.0. The van der Waals surface area contributed by atoms with Gasteiger partial charge in [0.15, 0.2) is 5.75 Å². The van der Waals surface area contributed by atoms with Gasteiger partial charge in [-0.1, -0.05) is 34.1 Å². The Hall–Kier alpha value is -1.33. The number of hydrogen-bond donors (Lipinski definition) is 1. The van der Waals surface area contributed by atoms with Gasteiger partial charge in [-0.05, 0) is 31.9 Å². The Morgan fingerprint density at radius 2 is 2.05 bits per heavy atom. The highest BCUT2D eigenvalue weighted by atomic mass is 79.9. The van der Waals surface area contributed by atoms with Crippen LogP contribution in [0.3, 0.4) is 0 Å². The molecule has 0 aliphatic carbocycles. The molecule has 4 nitrogen and oxygen atoms in total. The number of rotatable bonds is 5. The van der Waals surface area contributed by atoms with Gasteiger partial charge in [-0.25, -0.2) is 0 Å². The molecule has 0 fully saturated rings. The van der Waals surface area contributed by atoms with Gasteiger partial charge >= 0.3 is 0 Å². The molecule has 1 atom stereocenters. The van der Waals surface area contributed by atoms with Crippen molar-refractivity contribution in [3.63, 3.8) is 0 Å². The quantitative estimate of drug-likeness (QED) is 0.908. The lowest BCUT2D eigenvalue weighted by Gasteiger charge is -2.18. The molecule has 0 radical (unpaired) electrons. The molecule has 2 N–H and O–H groups in total. The molecule has 0 aliphatic heterocycles. The molecule has 1 unspecified atom stereocenters. The van der Waals surface area contributed by atoms with Crippen LogP contribution in [-0.4, -0.2) is 16.9 Å². The third-order valence-electron chi connectivity index (χ3n) is 3.26. The molecule has 20 heavy (non-hydrogen) atoms. The molecular formula is C15H20BrN3O. The highest BCUT2D eigenvalue weighted by molar-refractivity contribution is 9.10. The standard InChI is InChI=1S/C15H20BrN3O/c1-10(2)19-15(14(20-3)9-18-19)13(17)8-11-6-4-5-7-12(11)16/h4-7,9-10,13H,8,17H2,1-3H3. The Labute approximate surface area is 128 Å². The van der Waals surface area contributed by atoms with E-state index in [1.165, 1.54) is 5.56 Å². The lowest BCUT2D eigenvalue weighted by molar-refractivity contribution is 0.396. The third-order valence-corrected chi connectivity index (χ3v) is 4.03. The van der Waals surface area contributed by atoms with Crippen molar-refractivity contribution in [2.75, 3.05) is 7.11 Å². The average molecular weight is 338 g/mol. The smallest absolute Gasteiger partial charge is 0.161 e. The van der Waals surface area contributed by atoms with Crippen molar-refractivity contribution in [2.45, 2.75) is 32.4 Å². The van der Waals surface area contributed by atoms with Crippen molar-refractivity contribution in [3.8, 4) is 5.75 Å². The summed E-state index contributed by atoms with van der Waals surface area (Å²) >= 11 is 3.56. The van der Waals surface area contributed by atoms with Gasteiger partial charge in [-0.3, -0.25) is 4.68 Å². The van der Waals surface area contributed by atoms with Crippen LogP contribution in [0.15, 0.2) is 34.9 Å². The average Bonchev–Trinajstić information content (AvgIpc) is 2.85. The highest BCUT2D eigenvalue weighted by Crippen LogP contribution is 2.29. The Morgan fingerprint density at radius 1 is 1.35 bits per heavy atom. The summed E-state index contributed by atoms with van der Waals surface area (Å²) in [4.78, 5) is 0. The summed E-state index contributed by atoms with van der Waals surface area (Å²) in [5.74, 6) is 0.748. The van der Waals surface area contributed by atoms with Gasteiger partial charge < -0.3 is 10.5 Å².